The zero-order chi connectivity index (χ0) is 12.4. The molecule has 1 aromatic carbocycles. The van der Waals surface area contributed by atoms with Crippen molar-refractivity contribution >= 4 is 0 Å². The van der Waals surface area contributed by atoms with Crippen molar-refractivity contribution in [2.45, 2.75) is 18.9 Å². The Balaban J connectivity index is 1.95. The molecule has 3 nitrogen and oxygen atoms in total. The van der Waals surface area contributed by atoms with Crippen LogP contribution in [0, 0.1) is 5.82 Å². The van der Waals surface area contributed by atoms with Gasteiger partial charge in [0.1, 0.15) is 5.82 Å². The first kappa shape index (κ1) is 11.4. The molecule has 1 N–H and O–H groups in total. The molecular formula is C14H16FN3. The monoisotopic (exact) mass is 245 g/mol. The fourth-order valence-electron chi connectivity index (χ4n) is 2.55. The molecule has 0 atom stereocenters. The molecule has 94 valence electrons. The van der Waals surface area contributed by atoms with Gasteiger partial charge in [-0.15, -0.1) is 0 Å². The van der Waals surface area contributed by atoms with Crippen LogP contribution in [-0.2, 0) is 0 Å². The number of nitrogens with one attached hydrogen (secondary N) is 1. The summed E-state index contributed by atoms with van der Waals surface area (Å²) in [6.45, 7) is 2.07. The molecule has 1 aromatic heterocycles. The number of halogens is 1. The number of hydrogen-bond acceptors (Lipinski definition) is 2. The molecule has 0 aliphatic carbocycles. The second-order valence-electron chi connectivity index (χ2n) is 4.68. The topological polar surface area (TPSA) is 29.9 Å². The summed E-state index contributed by atoms with van der Waals surface area (Å²) in [6.07, 6.45) is 5.87. The van der Waals surface area contributed by atoms with Crippen LogP contribution in [0.15, 0.2) is 36.8 Å². The smallest absolute Gasteiger partial charge is 0.123 e. The Bertz CT molecular complexity index is 529. The molecule has 2 aromatic rings. The summed E-state index contributed by atoms with van der Waals surface area (Å²) >= 11 is 0. The first-order valence-electron chi connectivity index (χ1n) is 6.33. The van der Waals surface area contributed by atoms with Gasteiger partial charge < -0.3 is 9.88 Å². The fraction of sp³-hybridized carbons (Fsp3) is 0.357. The van der Waals surface area contributed by atoms with Crippen LogP contribution in [0.3, 0.4) is 0 Å². The molecule has 3 rings (SSSR count). The largest absolute Gasteiger partial charge is 0.327 e. The number of rotatable bonds is 2. The van der Waals surface area contributed by atoms with E-state index in [4.69, 9.17) is 0 Å². The van der Waals surface area contributed by atoms with Gasteiger partial charge in [-0.25, -0.2) is 9.37 Å². The maximum atomic E-state index is 13.3. The summed E-state index contributed by atoms with van der Waals surface area (Å²) in [5, 5.41) is 3.35. The maximum absolute atomic E-state index is 13.3. The summed E-state index contributed by atoms with van der Waals surface area (Å²) in [7, 11) is 0. The molecule has 1 fully saturated rings. The van der Waals surface area contributed by atoms with E-state index in [-0.39, 0.29) is 5.82 Å². The van der Waals surface area contributed by atoms with E-state index in [9.17, 15) is 4.39 Å². The third kappa shape index (κ3) is 2.16. The lowest BCUT2D eigenvalue weighted by Gasteiger charge is -2.25. The second-order valence-corrected chi connectivity index (χ2v) is 4.68. The Kier molecular flexibility index (Phi) is 3.11. The lowest BCUT2D eigenvalue weighted by Crippen LogP contribution is -2.29. The van der Waals surface area contributed by atoms with Gasteiger partial charge in [0, 0.05) is 11.6 Å². The summed E-state index contributed by atoms with van der Waals surface area (Å²) in [4.78, 5) is 4.22. The van der Waals surface area contributed by atoms with Crippen LogP contribution in [0.2, 0.25) is 0 Å². The van der Waals surface area contributed by atoms with Gasteiger partial charge in [-0.1, -0.05) is 12.1 Å². The highest BCUT2D eigenvalue weighted by Gasteiger charge is 2.17. The number of hydrogen-bond donors (Lipinski definition) is 1. The molecule has 18 heavy (non-hydrogen) atoms. The van der Waals surface area contributed by atoms with E-state index in [0.717, 1.165) is 37.2 Å². The minimum Gasteiger partial charge on any atom is -0.327 e. The van der Waals surface area contributed by atoms with Gasteiger partial charge in [0.2, 0.25) is 0 Å². The van der Waals surface area contributed by atoms with Gasteiger partial charge in [-0.2, -0.15) is 0 Å². The number of benzene rings is 1. The quantitative estimate of drug-likeness (QED) is 0.881. The van der Waals surface area contributed by atoms with Crippen molar-refractivity contribution in [3.8, 4) is 11.3 Å². The average molecular weight is 245 g/mol. The average Bonchev–Trinajstić information content (AvgIpc) is 2.89. The summed E-state index contributed by atoms with van der Waals surface area (Å²) in [5.41, 5.74) is 1.90. The van der Waals surface area contributed by atoms with Gasteiger partial charge in [0.15, 0.2) is 0 Å². The Morgan fingerprint density at radius 1 is 1.28 bits per heavy atom. The minimum atomic E-state index is -0.203. The zero-order valence-electron chi connectivity index (χ0n) is 10.1. The van der Waals surface area contributed by atoms with Gasteiger partial charge in [-0.05, 0) is 38.1 Å². The molecule has 0 saturated carbocycles. The zero-order valence-corrected chi connectivity index (χ0v) is 10.1. The van der Waals surface area contributed by atoms with Crippen molar-refractivity contribution in [2.75, 3.05) is 13.1 Å². The summed E-state index contributed by atoms with van der Waals surface area (Å²) in [5.74, 6) is -0.203. The number of nitrogens with zero attached hydrogens (tertiary/aromatic N) is 2. The summed E-state index contributed by atoms with van der Waals surface area (Å²) < 4.78 is 15.5. The minimum absolute atomic E-state index is 0.203. The van der Waals surface area contributed by atoms with Crippen molar-refractivity contribution in [1.29, 1.82) is 0 Å². The van der Waals surface area contributed by atoms with Crippen LogP contribution in [0.4, 0.5) is 4.39 Å². The lowest BCUT2D eigenvalue weighted by atomic mass is 10.1. The van der Waals surface area contributed by atoms with E-state index in [0.29, 0.717) is 6.04 Å². The molecule has 0 spiro atoms. The number of aromatic nitrogens is 2. The van der Waals surface area contributed by atoms with E-state index >= 15 is 0 Å². The SMILES string of the molecule is Fc1cccc(-c2cncn2C2CCNCC2)c1. The number of imidazole rings is 1. The summed E-state index contributed by atoms with van der Waals surface area (Å²) in [6, 6.07) is 7.16. The van der Waals surface area contributed by atoms with E-state index in [1.165, 1.54) is 6.07 Å². The highest BCUT2D eigenvalue weighted by atomic mass is 19.1. The van der Waals surface area contributed by atoms with Gasteiger partial charge in [0.25, 0.3) is 0 Å². The molecule has 1 saturated heterocycles. The maximum Gasteiger partial charge on any atom is 0.123 e. The second kappa shape index (κ2) is 4.90. The predicted octanol–water partition coefficient (Wildman–Crippen LogP) is 2.61. The molecule has 0 amide bonds. The van der Waals surface area contributed by atoms with Gasteiger partial charge in [-0.3, -0.25) is 0 Å². The van der Waals surface area contributed by atoms with Crippen molar-refractivity contribution < 1.29 is 4.39 Å². The molecule has 0 unspecified atom stereocenters. The Hall–Kier alpha value is -1.68. The molecular weight excluding hydrogens is 229 g/mol. The van der Waals surface area contributed by atoms with Gasteiger partial charge in [0.05, 0.1) is 18.2 Å². The standard InChI is InChI=1S/C14H16FN3/c15-12-3-1-2-11(8-12)14-9-17-10-18(14)13-4-6-16-7-5-13/h1-3,8-10,13,16H,4-7H2. The molecule has 4 heteroatoms. The van der Waals surface area contributed by atoms with Crippen LogP contribution >= 0.6 is 0 Å². The van der Waals surface area contributed by atoms with Crippen LogP contribution in [0.25, 0.3) is 11.3 Å². The van der Waals surface area contributed by atoms with Crippen molar-refractivity contribution in [1.82, 2.24) is 14.9 Å². The Morgan fingerprint density at radius 3 is 2.89 bits per heavy atom. The van der Waals surface area contributed by atoms with Crippen molar-refractivity contribution in [3.05, 3.63) is 42.6 Å². The van der Waals surface area contributed by atoms with E-state index in [1.807, 2.05) is 18.6 Å². The first-order chi connectivity index (χ1) is 8.84. The Labute approximate surface area is 106 Å². The molecule has 1 aliphatic heterocycles. The van der Waals surface area contributed by atoms with Crippen molar-refractivity contribution in [2.24, 2.45) is 0 Å². The van der Waals surface area contributed by atoms with E-state index < -0.39 is 0 Å². The van der Waals surface area contributed by atoms with Crippen LogP contribution in [0.5, 0.6) is 0 Å². The molecule has 1 aliphatic rings. The third-order valence-corrected chi connectivity index (χ3v) is 3.49. The molecule has 0 radical (unpaired) electrons. The molecule has 2 heterocycles. The normalized spacial score (nSPS) is 16.9. The van der Waals surface area contributed by atoms with E-state index in [2.05, 4.69) is 14.9 Å². The van der Waals surface area contributed by atoms with Gasteiger partial charge >= 0.3 is 0 Å². The predicted molar refractivity (Wildman–Crippen MR) is 68.8 cm³/mol. The van der Waals surface area contributed by atoms with Crippen LogP contribution in [-0.4, -0.2) is 22.6 Å². The Morgan fingerprint density at radius 2 is 2.11 bits per heavy atom. The van der Waals surface area contributed by atoms with Crippen LogP contribution in [0.1, 0.15) is 18.9 Å². The van der Waals surface area contributed by atoms with Crippen LogP contribution < -0.4 is 5.32 Å². The lowest BCUT2D eigenvalue weighted by molar-refractivity contribution is 0.370. The van der Waals surface area contributed by atoms with Crippen molar-refractivity contribution in [3.63, 3.8) is 0 Å². The number of piperidine rings is 1. The highest BCUT2D eigenvalue weighted by Crippen LogP contribution is 2.27. The van der Waals surface area contributed by atoms with E-state index in [1.54, 1.807) is 12.1 Å². The third-order valence-electron chi connectivity index (χ3n) is 3.49. The molecule has 0 bridgehead atoms. The first-order valence-corrected chi connectivity index (χ1v) is 6.33. The highest BCUT2D eigenvalue weighted by molar-refractivity contribution is 5.59. The fourth-order valence-corrected chi connectivity index (χ4v) is 2.55.